The highest BCUT2D eigenvalue weighted by Gasteiger charge is 2.51. The number of esters is 2. The minimum Gasteiger partial charge on any atom is -0.468 e. The largest absolute Gasteiger partial charge is 0.468 e. The molecule has 0 bridgehead atoms. The molecule has 134 valence electrons. The van der Waals surface area contributed by atoms with Crippen molar-refractivity contribution in [3.05, 3.63) is 32.9 Å². The molecule has 0 aromatic carbocycles. The van der Waals surface area contributed by atoms with Crippen molar-refractivity contribution in [1.82, 2.24) is 4.90 Å². The summed E-state index contributed by atoms with van der Waals surface area (Å²) in [7, 11) is 1.36. The number of allylic oxidation sites excluding steroid dienone is 2. The summed E-state index contributed by atoms with van der Waals surface area (Å²) in [5.41, 5.74) is 2.07. The highest BCUT2D eigenvalue weighted by atomic mass is 32.2. The van der Waals surface area contributed by atoms with Crippen LogP contribution in [0.2, 0.25) is 0 Å². The number of hydrogen-bond donors (Lipinski definition) is 0. The molecule has 0 amide bonds. The highest BCUT2D eigenvalue weighted by molar-refractivity contribution is 8.22. The Hall–Kier alpha value is -1.67. The molecule has 0 aromatic heterocycles. The topological polar surface area (TPSA) is 72.9 Å². The van der Waals surface area contributed by atoms with Crippen molar-refractivity contribution < 1.29 is 23.9 Å². The van der Waals surface area contributed by atoms with Gasteiger partial charge in [-0.25, -0.2) is 4.79 Å². The second kappa shape index (κ2) is 6.92. The van der Waals surface area contributed by atoms with E-state index in [1.54, 1.807) is 6.92 Å². The van der Waals surface area contributed by atoms with E-state index in [9.17, 15) is 14.4 Å². The fraction of sp³-hybridized carbons (Fsp3) is 0.471. The molecule has 0 aliphatic carbocycles. The summed E-state index contributed by atoms with van der Waals surface area (Å²) in [6.45, 7) is 3.84. The van der Waals surface area contributed by atoms with Gasteiger partial charge in [0.1, 0.15) is 16.5 Å². The first-order valence-electron chi connectivity index (χ1n) is 7.89. The summed E-state index contributed by atoms with van der Waals surface area (Å²) >= 11 is 2.74. The van der Waals surface area contributed by atoms with E-state index in [1.807, 2.05) is 24.2 Å². The number of hydrogen-bond acceptors (Lipinski definition) is 8. The molecule has 8 heteroatoms. The van der Waals surface area contributed by atoms with Crippen LogP contribution in [-0.2, 0) is 23.9 Å². The molecule has 0 saturated carbocycles. The van der Waals surface area contributed by atoms with Crippen LogP contribution < -0.4 is 0 Å². The molecule has 6 nitrogen and oxygen atoms in total. The first-order valence-corrected chi connectivity index (χ1v) is 10.00. The highest BCUT2D eigenvalue weighted by Crippen LogP contribution is 2.51. The number of thioether (sulfide) groups is 2. The molecular weight excluding hydrogens is 362 g/mol. The zero-order valence-electron chi connectivity index (χ0n) is 14.5. The number of Topliss-reactive ketones (excluding diaryl/α,β-unsaturated/α-hetero) is 1. The van der Waals surface area contributed by atoms with E-state index in [0.29, 0.717) is 17.8 Å². The molecule has 0 radical (unpaired) electrons. The second-order valence-corrected chi connectivity index (χ2v) is 8.07. The lowest BCUT2D eigenvalue weighted by molar-refractivity contribution is -0.141. The Morgan fingerprint density at radius 3 is 2.76 bits per heavy atom. The summed E-state index contributed by atoms with van der Waals surface area (Å²) in [6, 6.07) is -0.251. The lowest BCUT2D eigenvalue weighted by Crippen LogP contribution is -2.48. The number of carbonyl (C=O) groups is 3. The van der Waals surface area contributed by atoms with Crippen LogP contribution >= 0.6 is 23.5 Å². The fourth-order valence-corrected chi connectivity index (χ4v) is 5.52. The third kappa shape index (κ3) is 2.81. The first kappa shape index (κ1) is 18.1. The smallest absolute Gasteiger partial charge is 0.344 e. The lowest BCUT2D eigenvalue weighted by Gasteiger charge is -2.42. The van der Waals surface area contributed by atoms with E-state index in [-0.39, 0.29) is 30.0 Å². The van der Waals surface area contributed by atoms with E-state index in [0.717, 1.165) is 9.81 Å². The van der Waals surface area contributed by atoms with Crippen molar-refractivity contribution in [2.75, 3.05) is 20.0 Å². The third-order valence-corrected chi connectivity index (χ3v) is 6.84. The van der Waals surface area contributed by atoms with E-state index in [2.05, 4.69) is 0 Å². The Kier molecular flexibility index (Phi) is 5.02. The van der Waals surface area contributed by atoms with Crippen LogP contribution in [0.4, 0.5) is 0 Å². The molecule has 3 rings (SSSR count). The molecule has 2 atom stereocenters. The molecule has 3 aliphatic rings. The Bertz CT molecular complexity index is 752. The van der Waals surface area contributed by atoms with Gasteiger partial charge in [0.15, 0.2) is 0 Å². The van der Waals surface area contributed by atoms with Gasteiger partial charge in [-0.1, -0.05) is 17.3 Å². The van der Waals surface area contributed by atoms with Crippen LogP contribution in [0.25, 0.3) is 0 Å². The minimum absolute atomic E-state index is 0.0542. The molecule has 0 aromatic rings. The van der Waals surface area contributed by atoms with Crippen LogP contribution in [0, 0.1) is 0 Å². The SMILES string of the molecule is CCOC(=O)C1=C2C=C(C)C[C@H]3[C@H](C(=O)OC)SC(SC)=C(C1=O)N23. The van der Waals surface area contributed by atoms with E-state index in [4.69, 9.17) is 9.47 Å². The maximum absolute atomic E-state index is 13.0. The first-order chi connectivity index (χ1) is 11.9. The van der Waals surface area contributed by atoms with Crippen molar-refractivity contribution in [2.45, 2.75) is 31.6 Å². The molecule has 0 N–H and O–H groups in total. The number of rotatable bonds is 4. The van der Waals surface area contributed by atoms with E-state index >= 15 is 0 Å². The number of carbonyl (C=O) groups excluding carboxylic acids is 3. The fourth-order valence-electron chi connectivity index (χ4n) is 3.33. The standard InChI is InChI=1S/C17H19NO5S2/c1-5-23-15(20)11-9-6-8(2)7-10-14(16(21)22-3)25-17(24-4)12(13(11)19)18(9)10/h6,10,14H,5,7H2,1-4H3/t10-,14+/m0/s1. The zero-order valence-corrected chi connectivity index (χ0v) is 16.1. The monoisotopic (exact) mass is 381 g/mol. The predicted octanol–water partition coefficient (Wildman–Crippen LogP) is 2.23. The van der Waals surface area contributed by atoms with Gasteiger partial charge in [-0.2, -0.15) is 0 Å². The van der Waals surface area contributed by atoms with Gasteiger partial charge in [0.05, 0.1) is 29.7 Å². The van der Waals surface area contributed by atoms with Gasteiger partial charge < -0.3 is 14.4 Å². The van der Waals surface area contributed by atoms with Crippen LogP contribution in [0.5, 0.6) is 0 Å². The average Bonchev–Trinajstić information content (AvgIpc) is 2.88. The summed E-state index contributed by atoms with van der Waals surface area (Å²) in [5.74, 6) is -1.27. The van der Waals surface area contributed by atoms with Crippen molar-refractivity contribution >= 4 is 41.2 Å². The average molecular weight is 381 g/mol. The number of ether oxygens (including phenoxy) is 2. The number of methoxy groups -OCH3 is 1. The Balaban J connectivity index is 2.19. The summed E-state index contributed by atoms with van der Waals surface area (Å²) < 4.78 is 10.8. The van der Waals surface area contributed by atoms with Gasteiger partial charge in [-0.15, -0.1) is 11.8 Å². The Morgan fingerprint density at radius 1 is 1.44 bits per heavy atom. The van der Waals surface area contributed by atoms with Crippen molar-refractivity contribution in [2.24, 2.45) is 0 Å². The number of nitrogens with zero attached hydrogens (tertiary/aromatic N) is 1. The van der Waals surface area contributed by atoms with Gasteiger partial charge in [0.2, 0.25) is 5.78 Å². The molecule has 0 saturated heterocycles. The molecule has 0 fully saturated rings. The minimum atomic E-state index is -0.617. The summed E-state index contributed by atoms with van der Waals surface area (Å²) in [5, 5.41) is -0.454. The Labute approximate surface area is 154 Å². The zero-order chi connectivity index (χ0) is 18.3. The van der Waals surface area contributed by atoms with Gasteiger partial charge in [-0.05, 0) is 32.6 Å². The van der Waals surface area contributed by atoms with Crippen molar-refractivity contribution in [3.63, 3.8) is 0 Å². The van der Waals surface area contributed by atoms with Crippen molar-refractivity contribution in [3.8, 4) is 0 Å². The molecule has 0 spiro atoms. The van der Waals surface area contributed by atoms with Crippen LogP contribution in [0.1, 0.15) is 20.3 Å². The van der Waals surface area contributed by atoms with Gasteiger partial charge >= 0.3 is 11.9 Å². The van der Waals surface area contributed by atoms with Gasteiger partial charge in [0, 0.05) is 0 Å². The maximum Gasteiger partial charge on any atom is 0.344 e. The summed E-state index contributed by atoms with van der Waals surface area (Å²) in [4.78, 5) is 39.5. The Morgan fingerprint density at radius 2 is 2.16 bits per heavy atom. The molecular formula is C17H19NO5S2. The van der Waals surface area contributed by atoms with Gasteiger partial charge in [0.25, 0.3) is 0 Å². The van der Waals surface area contributed by atoms with Crippen LogP contribution in [0.3, 0.4) is 0 Å². The molecule has 3 heterocycles. The van der Waals surface area contributed by atoms with E-state index in [1.165, 1.54) is 30.6 Å². The van der Waals surface area contributed by atoms with Crippen LogP contribution in [-0.4, -0.2) is 53.9 Å². The van der Waals surface area contributed by atoms with E-state index < -0.39 is 11.2 Å². The third-order valence-electron chi connectivity index (χ3n) is 4.32. The predicted molar refractivity (Wildman–Crippen MR) is 96.6 cm³/mol. The quantitative estimate of drug-likeness (QED) is 0.542. The molecule has 0 unspecified atom stereocenters. The second-order valence-electron chi connectivity index (χ2n) is 5.84. The maximum atomic E-state index is 13.0. The molecule has 25 heavy (non-hydrogen) atoms. The van der Waals surface area contributed by atoms with Gasteiger partial charge in [-0.3, -0.25) is 9.59 Å². The van der Waals surface area contributed by atoms with Crippen molar-refractivity contribution in [1.29, 1.82) is 0 Å². The summed E-state index contributed by atoms with van der Waals surface area (Å²) in [6.07, 6.45) is 4.32. The number of ketones is 1. The normalized spacial score (nSPS) is 25.0. The van der Waals surface area contributed by atoms with Crippen LogP contribution in [0.15, 0.2) is 32.9 Å². The molecule has 3 aliphatic heterocycles. The lowest BCUT2D eigenvalue weighted by atomic mass is 9.96.